The Bertz CT molecular complexity index is 1280. The summed E-state index contributed by atoms with van der Waals surface area (Å²) < 4.78 is 38.4. The van der Waals surface area contributed by atoms with Crippen molar-refractivity contribution < 1.29 is 22.7 Å². The lowest BCUT2D eigenvalue weighted by atomic mass is 10.1. The number of hydrogen-bond donors (Lipinski definition) is 1. The van der Waals surface area contributed by atoms with Crippen molar-refractivity contribution in [2.45, 2.75) is 4.90 Å². The second-order valence-electron chi connectivity index (χ2n) is 7.67. The Kier molecular flexibility index (Phi) is 5.73. The number of nitrogens with zero attached hydrogens (tertiary/aromatic N) is 3. The highest BCUT2D eigenvalue weighted by molar-refractivity contribution is 7.89. The number of ether oxygens (including phenoxy) is 2. The number of H-pyrrole nitrogens is 1. The second-order valence-corrected chi connectivity index (χ2v) is 10.0. The molecule has 0 spiro atoms. The van der Waals surface area contributed by atoms with E-state index in [2.05, 4.69) is 10.2 Å². The van der Waals surface area contributed by atoms with Crippen LogP contribution < -0.4 is 9.47 Å². The molecule has 3 aromatic rings. The van der Waals surface area contributed by atoms with Crippen molar-refractivity contribution in [3.8, 4) is 22.8 Å². The van der Waals surface area contributed by atoms with E-state index < -0.39 is 10.0 Å². The van der Waals surface area contributed by atoms with Crippen molar-refractivity contribution in [3.63, 3.8) is 0 Å². The average molecular weight is 489 g/mol. The maximum Gasteiger partial charge on any atom is 0.257 e. The minimum atomic E-state index is -3.65. The van der Waals surface area contributed by atoms with Crippen LogP contribution in [0.2, 0.25) is 5.02 Å². The standard InChI is InChI=1S/C22H21ClN4O5S/c23-16-2-4-17(5-3-16)33(29,30)27-9-7-26(8-10-27)22(28)18-14-24-25-21(18)15-1-6-19-20(13-15)32-12-11-31-19/h1-6,13-14H,7-12H2,(H,24,25). The first kappa shape index (κ1) is 21.7. The minimum Gasteiger partial charge on any atom is -0.486 e. The summed E-state index contributed by atoms with van der Waals surface area (Å²) in [5.74, 6) is 1.07. The van der Waals surface area contributed by atoms with E-state index in [0.717, 1.165) is 5.56 Å². The number of rotatable bonds is 4. The molecule has 0 saturated carbocycles. The lowest BCUT2D eigenvalue weighted by molar-refractivity contribution is 0.0698. The molecule has 33 heavy (non-hydrogen) atoms. The van der Waals surface area contributed by atoms with Gasteiger partial charge in [-0.3, -0.25) is 9.89 Å². The summed E-state index contributed by atoms with van der Waals surface area (Å²) >= 11 is 5.87. The molecule has 1 amide bonds. The lowest BCUT2D eigenvalue weighted by Gasteiger charge is -2.34. The fourth-order valence-corrected chi connectivity index (χ4v) is 5.47. The van der Waals surface area contributed by atoms with Crippen LogP contribution >= 0.6 is 11.6 Å². The smallest absolute Gasteiger partial charge is 0.257 e. The number of carbonyl (C=O) groups excluding carboxylic acids is 1. The zero-order valence-corrected chi connectivity index (χ0v) is 19.1. The molecule has 2 aromatic carbocycles. The molecule has 0 radical (unpaired) electrons. The number of aromatic nitrogens is 2. The number of carbonyl (C=O) groups is 1. The van der Waals surface area contributed by atoms with Crippen molar-refractivity contribution in [2.75, 3.05) is 39.4 Å². The van der Waals surface area contributed by atoms with Gasteiger partial charge >= 0.3 is 0 Å². The Labute approximate surface area is 195 Å². The zero-order valence-electron chi connectivity index (χ0n) is 17.5. The molecule has 3 heterocycles. The summed E-state index contributed by atoms with van der Waals surface area (Å²) in [4.78, 5) is 15.1. The van der Waals surface area contributed by atoms with Gasteiger partial charge in [-0.25, -0.2) is 8.42 Å². The molecular weight excluding hydrogens is 468 g/mol. The van der Waals surface area contributed by atoms with Crippen molar-refractivity contribution in [3.05, 3.63) is 59.2 Å². The summed E-state index contributed by atoms with van der Waals surface area (Å²) in [6, 6.07) is 11.5. The van der Waals surface area contributed by atoms with Gasteiger partial charge in [0, 0.05) is 36.8 Å². The monoisotopic (exact) mass is 488 g/mol. The van der Waals surface area contributed by atoms with Crippen molar-refractivity contribution in [2.24, 2.45) is 0 Å². The molecule has 1 saturated heterocycles. The van der Waals surface area contributed by atoms with Gasteiger partial charge < -0.3 is 14.4 Å². The van der Waals surface area contributed by atoms with Crippen LogP contribution in [0.15, 0.2) is 53.6 Å². The Balaban J connectivity index is 1.31. The number of halogens is 1. The van der Waals surface area contributed by atoms with Crippen LogP contribution in [-0.4, -0.2) is 73.1 Å². The molecule has 2 aliphatic heterocycles. The Morgan fingerprint density at radius 2 is 1.67 bits per heavy atom. The van der Waals surface area contributed by atoms with Crippen LogP contribution in [0.5, 0.6) is 11.5 Å². The molecule has 11 heteroatoms. The molecule has 1 aromatic heterocycles. The Morgan fingerprint density at radius 3 is 2.39 bits per heavy atom. The first-order valence-electron chi connectivity index (χ1n) is 10.4. The number of nitrogens with one attached hydrogen (secondary N) is 1. The molecule has 0 unspecified atom stereocenters. The van der Waals surface area contributed by atoms with E-state index in [9.17, 15) is 13.2 Å². The first-order chi connectivity index (χ1) is 15.9. The summed E-state index contributed by atoms with van der Waals surface area (Å²) in [6.07, 6.45) is 1.49. The number of fused-ring (bicyclic) bond motifs is 1. The summed E-state index contributed by atoms with van der Waals surface area (Å²) in [5, 5.41) is 7.43. The van der Waals surface area contributed by atoms with Gasteiger partial charge in [-0.2, -0.15) is 9.40 Å². The van der Waals surface area contributed by atoms with Gasteiger partial charge in [0.2, 0.25) is 10.0 Å². The second kappa shape index (κ2) is 8.69. The third-order valence-electron chi connectivity index (χ3n) is 5.68. The van der Waals surface area contributed by atoms with Crippen molar-refractivity contribution >= 4 is 27.5 Å². The zero-order chi connectivity index (χ0) is 23.0. The third kappa shape index (κ3) is 4.17. The van der Waals surface area contributed by atoms with Crippen LogP contribution in [0.3, 0.4) is 0 Å². The molecule has 0 aliphatic carbocycles. The summed E-state index contributed by atoms with van der Waals surface area (Å²) in [6.45, 7) is 1.92. The maximum absolute atomic E-state index is 13.2. The van der Waals surface area contributed by atoms with Crippen molar-refractivity contribution in [1.82, 2.24) is 19.4 Å². The van der Waals surface area contributed by atoms with Gasteiger partial charge in [0.1, 0.15) is 13.2 Å². The average Bonchev–Trinajstić information content (AvgIpc) is 3.34. The molecule has 1 N–H and O–H groups in total. The summed E-state index contributed by atoms with van der Waals surface area (Å²) in [5.41, 5.74) is 1.75. The van der Waals surface area contributed by atoms with Gasteiger partial charge in [-0.05, 0) is 42.5 Å². The highest BCUT2D eigenvalue weighted by Crippen LogP contribution is 2.35. The van der Waals surface area contributed by atoms with Crippen LogP contribution in [-0.2, 0) is 10.0 Å². The number of amides is 1. The number of benzene rings is 2. The molecule has 5 rings (SSSR count). The van der Waals surface area contributed by atoms with E-state index >= 15 is 0 Å². The molecule has 1 fully saturated rings. The highest BCUT2D eigenvalue weighted by atomic mass is 35.5. The van der Waals surface area contributed by atoms with Gasteiger partial charge in [0.15, 0.2) is 11.5 Å². The van der Waals surface area contributed by atoms with E-state index in [1.54, 1.807) is 23.1 Å². The molecule has 9 nitrogen and oxygen atoms in total. The Morgan fingerprint density at radius 1 is 0.970 bits per heavy atom. The summed E-state index contributed by atoms with van der Waals surface area (Å²) in [7, 11) is -3.65. The number of piperazine rings is 1. The fraction of sp³-hybridized carbons (Fsp3) is 0.273. The van der Waals surface area contributed by atoms with E-state index in [1.165, 1.54) is 22.6 Å². The predicted molar refractivity (Wildman–Crippen MR) is 121 cm³/mol. The third-order valence-corrected chi connectivity index (χ3v) is 7.84. The molecule has 2 aliphatic rings. The SMILES string of the molecule is O=C(c1cn[nH]c1-c1ccc2c(c1)OCCO2)N1CCN(S(=O)(=O)c2ccc(Cl)cc2)CC1. The van der Waals surface area contributed by atoms with E-state index in [1.807, 2.05) is 12.1 Å². The minimum absolute atomic E-state index is 0.183. The quantitative estimate of drug-likeness (QED) is 0.605. The maximum atomic E-state index is 13.2. The largest absolute Gasteiger partial charge is 0.486 e. The predicted octanol–water partition coefficient (Wildman–Crippen LogP) is 2.65. The lowest BCUT2D eigenvalue weighted by Crippen LogP contribution is -2.50. The first-order valence-corrected chi connectivity index (χ1v) is 12.2. The van der Waals surface area contributed by atoms with Gasteiger partial charge in [-0.15, -0.1) is 0 Å². The molecule has 0 atom stereocenters. The van der Waals surface area contributed by atoms with Gasteiger partial charge in [0.25, 0.3) is 5.91 Å². The van der Waals surface area contributed by atoms with Crippen molar-refractivity contribution in [1.29, 1.82) is 0 Å². The fourth-order valence-electron chi connectivity index (χ4n) is 3.92. The number of hydrogen-bond acceptors (Lipinski definition) is 6. The van der Waals surface area contributed by atoms with E-state index in [0.29, 0.717) is 41.0 Å². The van der Waals surface area contributed by atoms with Crippen LogP contribution in [0, 0.1) is 0 Å². The van der Waals surface area contributed by atoms with Crippen LogP contribution in [0.1, 0.15) is 10.4 Å². The Hall–Kier alpha value is -3.08. The number of aromatic amines is 1. The van der Waals surface area contributed by atoms with Gasteiger partial charge in [0.05, 0.1) is 22.3 Å². The van der Waals surface area contributed by atoms with Crippen LogP contribution in [0.25, 0.3) is 11.3 Å². The molecule has 0 bridgehead atoms. The normalized spacial score (nSPS) is 16.6. The highest BCUT2D eigenvalue weighted by Gasteiger charge is 2.31. The molecule has 172 valence electrons. The number of sulfonamides is 1. The molecular formula is C22H21ClN4O5S. The topological polar surface area (TPSA) is 105 Å². The van der Waals surface area contributed by atoms with E-state index in [-0.39, 0.29) is 37.0 Å². The van der Waals surface area contributed by atoms with Gasteiger partial charge in [-0.1, -0.05) is 11.6 Å². The van der Waals surface area contributed by atoms with E-state index in [4.69, 9.17) is 21.1 Å². The van der Waals surface area contributed by atoms with Crippen LogP contribution in [0.4, 0.5) is 0 Å².